The lowest BCUT2D eigenvalue weighted by molar-refractivity contribution is -0.131. The Bertz CT molecular complexity index is 402. The van der Waals surface area contributed by atoms with E-state index >= 15 is 0 Å². The molecule has 5 heteroatoms. The molecule has 0 aromatic heterocycles. The topological polar surface area (TPSA) is 52.6 Å². The lowest BCUT2D eigenvalue weighted by Gasteiger charge is -2.08. The number of benzene rings is 1. The molecule has 0 bridgehead atoms. The van der Waals surface area contributed by atoms with E-state index in [4.69, 9.17) is 16.3 Å². The van der Waals surface area contributed by atoms with Gasteiger partial charge in [-0.15, -0.1) is 0 Å². The molecule has 0 aliphatic rings. The highest BCUT2D eigenvalue weighted by atomic mass is 35.5. The first kappa shape index (κ1) is 15.4. The Labute approximate surface area is 105 Å². The number of rotatable bonds is 3. The zero-order chi connectivity index (χ0) is 13.4. The standard InChI is InChI=1S/C10H9ClO4.C2H6/c1-6-3-8(14-5-12)10(11)9(4-6)15-7(2)13;1-2/h3-5H,1-2H3;1-2H3. The molecule has 0 unspecified atom stereocenters. The minimum atomic E-state index is -0.487. The minimum Gasteiger partial charge on any atom is -0.427 e. The first-order chi connectivity index (χ1) is 8.04. The van der Waals surface area contributed by atoms with Gasteiger partial charge in [0.15, 0.2) is 11.5 Å². The second-order valence-electron chi connectivity index (χ2n) is 2.88. The van der Waals surface area contributed by atoms with Crippen LogP contribution in [0, 0.1) is 6.92 Å². The molecule has 0 spiro atoms. The molecule has 94 valence electrons. The van der Waals surface area contributed by atoms with Gasteiger partial charge in [0.2, 0.25) is 0 Å². The van der Waals surface area contributed by atoms with Gasteiger partial charge in [0.25, 0.3) is 6.47 Å². The quantitative estimate of drug-likeness (QED) is 0.475. The number of esters is 1. The number of halogens is 1. The second kappa shape index (κ2) is 7.68. The Balaban J connectivity index is 0.00000121. The number of aryl methyl sites for hydroxylation is 1. The molecule has 0 amide bonds. The van der Waals surface area contributed by atoms with E-state index in [9.17, 15) is 9.59 Å². The van der Waals surface area contributed by atoms with E-state index in [-0.39, 0.29) is 23.0 Å². The number of hydrogen-bond acceptors (Lipinski definition) is 4. The highest BCUT2D eigenvalue weighted by molar-refractivity contribution is 6.33. The lowest BCUT2D eigenvalue weighted by Crippen LogP contribution is -2.03. The summed E-state index contributed by atoms with van der Waals surface area (Å²) >= 11 is 5.84. The van der Waals surface area contributed by atoms with Crippen LogP contribution in [0.25, 0.3) is 0 Å². The smallest absolute Gasteiger partial charge is 0.308 e. The van der Waals surface area contributed by atoms with Crippen LogP contribution < -0.4 is 9.47 Å². The van der Waals surface area contributed by atoms with Gasteiger partial charge < -0.3 is 9.47 Å². The zero-order valence-corrected chi connectivity index (χ0v) is 11.0. The van der Waals surface area contributed by atoms with Gasteiger partial charge in [0.1, 0.15) is 5.02 Å². The summed E-state index contributed by atoms with van der Waals surface area (Å²) in [5, 5.41) is 0.0999. The van der Waals surface area contributed by atoms with Gasteiger partial charge in [-0.3, -0.25) is 9.59 Å². The summed E-state index contributed by atoms with van der Waals surface area (Å²) in [7, 11) is 0. The normalized spacial score (nSPS) is 8.76. The fraction of sp³-hybridized carbons (Fsp3) is 0.333. The van der Waals surface area contributed by atoms with E-state index in [1.54, 1.807) is 19.1 Å². The van der Waals surface area contributed by atoms with Crippen LogP contribution in [0.1, 0.15) is 26.3 Å². The average Bonchev–Trinajstić information content (AvgIpc) is 2.27. The van der Waals surface area contributed by atoms with Gasteiger partial charge in [-0.1, -0.05) is 25.4 Å². The summed E-state index contributed by atoms with van der Waals surface area (Å²) in [6, 6.07) is 3.16. The summed E-state index contributed by atoms with van der Waals surface area (Å²) in [5.74, 6) is -0.136. The van der Waals surface area contributed by atoms with Crippen LogP contribution in [0.15, 0.2) is 12.1 Å². The van der Waals surface area contributed by atoms with E-state index in [1.807, 2.05) is 13.8 Å². The molecule has 4 nitrogen and oxygen atoms in total. The largest absolute Gasteiger partial charge is 0.427 e. The molecule has 1 aromatic carbocycles. The first-order valence-corrected chi connectivity index (χ1v) is 5.51. The maximum Gasteiger partial charge on any atom is 0.308 e. The zero-order valence-electron chi connectivity index (χ0n) is 10.2. The van der Waals surface area contributed by atoms with Gasteiger partial charge in [-0.2, -0.15) is 0 Å². The molecular formula is C12H15ClO4. The highest BCUT2D eigenvalue weighted by Crippen LogP contribution is 2.35. The molecule has 0 aliphatic carbocycles. The number of hydrogen-bond donors (Lipinski definition) is 0. The molecule has 0 fully saturated rings. The molecule has 1 rings (SSSR count). The average molecular weight is 259 g/mol. The fourth-order valence-corrected chi connectivity index (χ4v) is 1.26. The van der Waals surface area contributed by atoms with Crippen molar-refractivity contribution in [2.45, 2.75) is 27.7 Å². The third kappa shape index (κ3) is 4.87. The van der Waals surface area contributed by atoms with Crippen LogP contribution in [0.5, 0.6) is 11.5 Å². The van der Waals surface area contributed by atoms with E-state index in [1.165, 1.54) is 6.92 Å². The summed E-state index contributed by atoms with van der Waals surface area (Å²) in [6.45, 7) is 7.29. The van der Waals surface area contributed by atoms with Crippen molar-refractivity contribution in [2.75, 3.05) is 0 Å². The molecule has 0 radical (unpaired) electrons. The Hall–Kier alpha value is -1.55. The number of carbonyl (C=O) groups is 2. The predicted octanol–water partition coefficient (Wildman–Crippen LogP) is 3.14. The maximum absolute atomic E-state index is 10.8. The van der Waals surface area contributed by atoms with E-state index in [0.717, 1.165) is 5.56 Å². The second-order valence-corrected chi connectivity index (χ2v) is 3.26. The number of carbonyl (C=O) groups excluding carboxylic acids is 2. The van der Waals surface area contributed by atoms with Crippen molar-refractivity contribution in [1.29, 1.82) is 0 Å². The van der Waals surface area contributed by atoms with Crippen LogP contribution in [-0.4, -0.2) is 12.4 Å². The third-order valence-corrected chi connectivity index (χ3v) is 1.95. The van der Waals surface area contributed by atoms with Gasteiger partial charge in [-0.05, 0) is 24.6 Å². The Morgan fingerprint density at radius 3 is 2.29 bits per heavy atom. The lowest BCUT2D eigenvalue weighted by atomic mass is 10.2. The van der Waals surface area contributed by atoms with Crippen molar-refractivity contribution in [3.05, 3.63) is 22.7 Å². The molecule has 0 saturated carbocycles. The molecule has 17 heavy (non-hydrogen) atoms. The number of ether oxygens (including phenoxy) is 2. The van der Waals surface area contributed by atoms with Gasteiger partial charge >= 0.3 is 5.97 Å². The van der Waals surface area contributed by atoms with Crippen LogP contribution in [-0.2, 0) is 9.59 Å². The van der Waals surface area contributed by atoms with Crippen molar-refractivity contribution in [3.63, 3.8) is 0 Å². The molecule has 0 saturated heterocycles. The summed E-state index contributed by atoms with van der Waals surface area (Å²) < 4.78 is 9.48. The summed E-state index contributed by atoms with van der Waals surface area (Å²) in [6.07, 6.45) is 0. The van der Waals surface area contributed by atoms with Crippen molar-refractivity contribution in [3.8, 4) is 11.5 Å². The maximum atomic E-state index is 10.8. The summed E-state index contributed by atoms with van der Waals surface area (Å²) in [5.41, 5.74) is 0.771. The van der Waals surface area contributed by atoms with Gasteiger partial charge in [0, 0.05) is 6.92 Å². The minimum absolute atomic E-state index is 0.0999. The van der Waals surface area contributed by atoms with Crippen LogP contribution >= 0.6 is 11.6 Å². The van der Waals surface area contributed by atoms with E-state index < -0.39 is 5.97 Å². The van der Waals surface area contributed by atoms with Crippen molar-refractivity contribution < 1.29 is 19.1 Å². The van der Waals surface area contributed by atoms with E-state index in [2.05, 4.69) is 4.74 Å². The van der Waals surface area contributed by atoms with Gasteiger partial charge in [0.05, 0.1) is 0 Å². The van der Waals surface area contributed by atoms with Crippen molar-refractivity contribution in [2.24, 2.45) is 0 Å². The SMILES string of the molecule is CC.CC(=O)Oc1cc(C)cc(OC=O)c1Cl. The van der Waals surface area contributed by atoms with Crippen LogP contribution in [0.2, 0.25) is 5.02 Å². The van der Waals surface area contributed by atoms with Crippen molar-refractivity contribution >= 4 is 24.0 Å². The Morgan fingerprint density at radius 2 is 1.82 bits per heavy atom. The van der Waals surface area contributed by atoms with Crippen LogP contribution in [0.3, 0.4) is 0 Å². The summed E-state index contributed by atoms with van der Waals surface area (Å²) in [4.78, 5) is 20.9. The molecule has 0 N–H and O–H groups in total. The van der Waals surface area contributed by atoms with Gasteiger partial charge in [-0.25, -0.2) is 0 Å². The van der Waals surface area contributed by atoms with E-state index in [0.29, 0.717) is 0 Å². The molecule has 0 heterocycles. The molecular weight excluding hydrogens is 244 g/mol. The molecule has 0 atom stereocenters. The fourth-order valence-electron chi connectivity index (χ4n) is 1.07. The third-order valence-electron chi connectivity index (χ3n) is 1.58. The Kier molecular flexibility index (Phi) is 6.98. The molecule has 1 aromatic rings. The Morgan fingerprint density at radius 1 is 1.29 bits per heavy atom. The molecule has 0 aliphatic heterocycles. The highest BCUT2D eigenvalue weighted by Gasteiger charge is 2.11. The first-order valence-electron chi connectivity index (χ1n) is 5.13. The monoisotopic (exact) mass is 258 g/mol. The predicted molar refractivity (Wildman–Crippen MR) is 65.5 cm³/mol. The van der Waals surface area contributed by atoms with Crippen molar-refractivity contribution in [1.82, 2.24) is 0 Å². The van der Waals surface area contributed by atoms with Crippen LogP contribution in [0.4, 0.5) is 0 Å².